The number of hydrogen-bond donors (Lipinski definition) is 1. The first-order valence-corrected chi connectivity index (χ1v) is 5.10. The fourth-order valence-electron chi connectivity index (χ4n) is 1.90. The Morgan fingerprint density at radius 3 is 2.86 bits per heavy atom. The maximum absolute atomic E-state index is 9.31. The summed E-state index contributed by atoms with van der Waals surface area (Å²) in [5, 5.41) is 9.31. The van der Waals surface area contributed by atoms with Gasteiger partial charge in [-0.1, -0.05) is 12.1 Å². The quantitative estimate of drug-likeness (QED) is 0.792. The molecular weight excluding hydrogens is 176 g/mol. The van der Waals surface area contributed by atoms with E-state index in [9.17, 15) is 5.11 Å². The zero-order valence-electron chi connectivity index (χ0n) is 8.44. The fourth-order valence-corrected chi connectivity index (χ4v) is 1.90. The number of aliphatic hydroxyl groups is 1. The lowest BCUT2D eigenvalue weighted by atomic mass is 9.95. The fraction of sp³-hybridized carbons (Fsp3) is 0.500. The second kappa shape index (κ2) is 4.01. The summed E-state index contributed by atoms with van der Waals surface area (Å²) < 4.78 is 5.17. The molecule has 0 amide bonds. The van der Waals surface area contributed by atoms with E-state index < -0.39 is 0 Å². The molecule has 2 nitrogen and oxygen atoms in total. The molecule has 1 atom stereocenters. The first kappa shape index (κ1) is 9.53. The summed E-state index contributed by atoms with van der Waals surface area (Å²) in [6.07, 6.45) is 2.50. The number of ether oxygens (including phenoxy) is 1. The number of hydrogen-bond acceptors (Lipinski definition) is 2. The van der Waals surface area contributed by atoms with Crippen LogP contribution in [0.1, 0.15) is 24.3 Å². The van der Waals surface area contributed by atoms with E-state index >= 15 is 0 Å². The molecule has 1 aromatic rings. The van der Waals surface area contributed by atoms with Gasteiger partial charge in [0.15, 0.2) is 0 Å². The van der Waals surface area contributed by atoms with Crippen molar-refractivity contribution in [2.24, 2.45) is 5.92 Å². The van der Waals surface area contributed by atoms with Crippen molar-refractivity contribution in [2.45, 2.75) is 18.8 Å². The van der Waals surface area contributed by atoms with Crippen LogP contribution in [0.5, 0.6) is 5.75 Å². The van der Waals surface area contributed by atoms with Gasteiger partial charge in [0.05, 0.1) is 13.7 Å². The molecule has 1 fully saturated rings. The lowest BCUT2D eigenvalue weighted by Gasteiger charge is -2.14. The highest BCUT2D eigenvalue weighted by molar-refractivity contribution is 5.31. The normalized spacial score (nSPS) is 17.9. The SMILES string of the molecule is COc1cccc(C(CO)C2CC2)c1. The van der Waals surface area contributed by atoms with Gasteiger partial charge in [0.1, 0.15) is 5.75 Å². The van der Waals surface area contributed by atoms with Gasteiger partial charge in [0, 0.05) is 5.92 Å². The monoisotopic (exact) mass is 192 g/mol. The van der Waals surface area contributed by atoms with Crippen LogP contribution in [0.15, 0.2) is 24.3 Å². The van der Waals surface area contributed by atoms with E-state index in [0.717, 1.165) is 5.75 Å². The van der Waals surface area contributed by atoms with E-state index in [4.69, 9.17) is 4.74 Å². The summed E-state index contributed by atoms with van der Waals surface area (Å²) in [6, 6.07) is 8.02. The second-order valence-electron chi connectivity index (χ2n) is 3.90. The first-order valence-electron chi connectivity index (χ1n) is 5.10. The highest BCUT2D eigenvalue weighted by Crippen LogP contribution is 2.42. The molecule has 0 spiro atoms. The summed E-state index contributed by atoms with van der Waals surface area (Å²) in [5.41, 5.74) is 1.20. The third kappa shape index (κ3) is 1.90. The molecule has 2 heteroatoms. The van der Waals surface area contributed by atoms with Gasteiger partial charge in [-0.2, -0.15) is 0 Å². The van der Waals surface area contributed by atoms with Crippen molar-refractivity contribution in [3.05, 3.63) is 29.8 Å². The third-order valence-electron chi connectivity index (χ3n) is 2.91. The van der Waals surface area contributed by atoms with Crippen LogP contribution < -0.4 is 4.74 Å². The van der Waals surface area contributed by atoms with Gasteiger partial charge in [0.2, 0.25) is 0 Å². The molecule has 76 valence electrons. The van der Waals surface area contributed by atoms with Crippen molar-refractivity contribution >= 4 is 0 Å². The molecule has 1 aromatic carbocycles. The summed E-state index contributed by atoms with van der Waals surface area (Å²) in [6.45, 7) is 0.248. The van der Waals surface area contributed by atoms with Crippen molar-refractivity contribution in [3.63, 3.8) is 0 Å². The predicted octanol–water partition coefficient (Wildman–Crippen LogP) is 2.18. The molecule has 1 aliphatic carbocycles. The van der Waals surface area contributed by atoms with Gasteiger partial charge in [-0.25, -0.2) is 0 Å². The number of benzene rings is 1. The maximum atomic E-state index is 9.31. The minimum atomic E-state index is 0.248. The van der Waals surface area contributed by atoms with Crippen LogP contribution in [-0.2, 0) is 0 Å². The molecule has 0 radical (unpaired) electrons. The average Bonchev–Trinajstić information content (AvgIpc) is 3.04. The summed E-state index contributed by atoms with van der Waals surface area (Å²) in [7, 11) is 1.67. The Morgan fingerprint density at radius 2 is 2.29 bits per heavy atom. The van der Waals surface area contributed by atoms with Crippen LogP contribution in [0.3, 0.4) is 0 Å². The second-order valence-corrected chi connectivity index (χ2v) is 3.90. The van der Waals surface area contributed by atoms with E-state index in [1.54, 1.807) is 7.11 Å². The van der Waals surface area contributed by atoms with Crippen molar-refractivity contribution in [3.8, 4) is 5.75 Å². The Kier molecular flexibility index (Phi) is 2.73. The molecule has 1 aliphatic rings. The van der Waals surface area contributed by atoms with Crippen molar-refractivity contribution in [2.75, 3.05) is 13.7 Å². The van der Waals surface area contributed by atoms with Crippen LogP contribution in [-0.4, -0.2) is 18.8 Å². The molecule has 2 rings (SSSR count). The maximum Gasteiger partial charge on any atom is 0.119 e. The molecule has 0 saturated heterocycles. The highest BCUT2D eigenvalue weighted by Gasteiger charge is 2.31. The largest absolute Gasteiger partial charge is 0.497 e. The van der Waals surface area contributed by atoms with Crippen molar-refractivity contribution in [1.82, 2.24) is 0 Å². The topological polar surface area (TPSA) is 29.5 Å². The Morgan fingerprint density at radius 1 is 1.50 bits per heavy atom. The van der Waals surface area contributed by atoms with Crippen LogP contribution >= 0.6 is 0 Å². The Labute approximate surface area is 84.5 Å². The van der Waals surface area contributed by atoms with Crippen molar-refractivity contribution in [1.29, 1.82) is 0 Å². The zero-order chi connectivity index (χ0) is 9.97. The van der Waals surface area contributed by atoms with E-state index in [1.807, 2.05) is 18.2 Å². The van der Waals surface area contributed by atoms with Gasteiger partial charge < -0.3 is 9.84 Å². The van der Waals surface area contributed by atoms with E-state index in [2.05, 4.69) is 6.07 Å². The Bertz CT molecular complexity index is 305. The van der Waals surface area contributed by atoms with E-state index in [1.165, 1.54) is 18.4 Å². The lowest BCUT2D eigenvalue weighted by Crippen LogP contribution is -2.06. The Balaban J connectivity index is 2.20. The number of rotatable bonds is 4. The van der Waals surface area contributed by atoms with Gasteiger partial charge in [-0.15, -0.1) is 0 Å². The molecule has 0 aromatic heterocycles. The minimum absolute atomic E-state index is 0.248. The molecule has 1 unspecified atom stereocenters. The summed E-state index contributed by atoms with van der Waals surface area (Å²) >= 11 is 0. The summed E-state index contributed by atoms with van der Waals surface area (Å²) in [4.78, 5) is 0. The smallest absolute Gasteiger partial charge is 0.119 e. The molecule has 1 saturated carbocycles. The standard InChI is InChI=1S/C12H16O2/c1-14-11-4-2-3-10(7-11)12(8-13)9-5-6-9/h2-4,7,9,12-13H,5-6,8H2,1H3. The molecule has 0 aliphatic heterocycles. The molecule has 14 heavy (non-hydrogen) atoms. The van der Waals surface area contributed by atoms with Gasteiger partial charge >= 0.3 is 0 Å². The van der Waals surface area contributed by atoms with Gasteiger partial charge in [-0.3, -0.25) is 0 Å². The predicted molar refractivity (Wildman–Crippen MR) is 55.5 cm³/mol. The number of aliphatic hydroxyl groups excluding tert-OH is 1. The van der Waals surface area contributed by atoms with Crippen LogP contribution in [0.25, 0.3) is 0 Å². The average molecular weight is 192 g/mol. The van der Waals surface area contributed by atoms with Crippen LogP contribution in [0.4, 0.5) is 0 Å². The van der Waals surface area contributed by atoms with Gasteiger partial charge in [0.25, 0.3) is 0 Å². The minimum Gasteiger partial charge on any atom is -0.497 e. The van der Waals surface area contributed by atoms with Crippen molar-refractivity contribution < 1.29 is 9.84 Å². The van der Waals surface area contributed by atoms with Gasteiger partial charge in [-0.05, 0) is 36.5 Å². The zero-order valence-corrected chi connectivity index (χ0v) is 8.44. The summed E-state index contributed by atoms with van der Waals surface area (Å²) in [5.74, 6) is 1.87. The van der Waals surface area contributed by atoms with Crippen LogP contribution in [0, 0.1) is 5.92 Å². The highest BCUT2D eigenvalue weighted by atomic mass is 16.5. The lowest BCUT2D eigenvalue weighted by molar-refractivity contribution is 0.253. The Hall–Kier alpha value is -1.02. The molecule has 0 bridgehead atoms. The van der Waals surface area contributed by atoms with Crippen LogP contribution in [0.2, 0.25) is 0 Å². The number of methoxy groups -OCH3 is 1. The van der Waals surface area contributed by atoms with E-state index in [-0.39, 0.29) is 6.61 Å². The molecule has 1 N–H and O–H groups in total. The third-order valence-corrected chi connectivity index (χ3v) is 2.91. The molecular formula is C12H16O2. The van der Waals surface area contributed by atoms with E-state index in [0.29, 0.717) is 11.8 Å². The molecule has 0 heterocycles. The first-order chi connectivity index (χ1) is 6.85.